The van der Waals surface area contributed by atoms with E-state index in [0.29, 0.717) is 0 Å². The van der Waals surface area contributed by atoms with Gasteiger partial charge in [-0.15, -0.1) is 0 Å². The Labute approximate surface area is 122 Å². The molecule has 0 aromatic heterocycles. The Kier molecular flexibility index (Phi) is 3.56. The van der Waals surface area contributed by atoms with Crippen molar-refractivity contribution in [2.75, 3.05) is 4.90 Å². The zero-order chi connectivity index (χ0) is 13.9. The van der Waals surface area contributed by atoms with E-state index in [1.54, 1.807) is 4.90 Å². The van der Waals surface area contributed by atoms with Gasteiger partial charge in [-0.25, -0.2) is 4.99 Å². The smallest absolute Gasteiger partial charge is 0.246 e. The molecular formula is C16H14N2OS. The van der Waals surface area contributed by atoms with E-state index < -0.39 is 0 Å². The van der Waals surface area contributed by atoms with Crippen molar-refractivity contribution >= 4 is 34.2 Å². The highest BCUT2D eigenvalue weighted by Gasteiger charge is 2.35. The maximum atomic E-state index is 12.3. The van der Waals surface area contributed by atoms with Gasteiger partial charge < -0.3 is 0 Å². The number of hydrogen-bond donors (Lipinski definition) is 0. The Morgan fingerprint density at radius 1 is 1.00 bits per heavy atom. The van der Waals surface area contributed by atoms with E-state index in [2.05, 4.69) is 4.99 Å². The van der Waals surface area contributed by atoms with Crippen LogP contribution < -0.4 is 4.90 Å². The van der Waals surface area contributed by atoms with Crippen LogP contribution >= 0.6 is 11.8 Å². The third kappa shape index (κ3) is 2.47. The second kappa shape index (κ2) is 5.51. The summed E-state index contributed by atoms with van der Waals surface area (Å²) in [5, 5.41) is 0.637. The molecular weight excluding hydrogens is 268 g/mol. The molecule has 0 N–H and O–H groups in total. The highest BCUT2D eigenvalue weighted by Crippen LogP contribution is 2.33. The second-order valence-corrected chi connectivity index (χ2v) is 5.81. The molecule has 3 nitrogen and oxygen atoms in total. The van der Waals surface area contributed by atoms with Crippen LogP contribution in [0, 0.1) is 0 Å². The number of hydrogen-bond acceptors (Lipinski definition) is 3. The van der Waals surface area contributed by atoms with Crippen LogP contribution in [0.1, 0.15) is 6.92 Å². The summed E-state index contributed by atoms with van der Waals surface area (Å²) in [6.07, 6.45) is 0. The maximum Gasteiger partial charge on any atom is 0.246 e. The third-order valence-corrected chi connectivity index (χ3v) is 4.08. The third-order valence-electron chi connectivity index (χ3n) is 3.04. The lowest BCUT2D eigenvalue weighted by molar-refractivity contribution is -0.116. The van der Waals surface area contributed by atoms with Gasteiger partial charge in [0.25, 0.3) is 0 Å². The first kappa shape index (κ1) is 12.9. The van der Waals surface area contributed by atoms with Gasteiger partial charge in [-0.1, -0.05) is 48.2 Å². The minimum atomic E-state index is -0.0994. The summed E-state index contributed by atoms with van der Waals surface area (Å²) >= 11 is 1.50. The molecule has 2 aromatic carbocycles. The molecule has 0 aliphatic carbocycles. The van der Waals surface area contributed by atoms with E-state index >= 15 is 0 Å². The summed E-state index contributed by atoms with van der Waals surface area (Å²) in [6, 6.07) is 19.4. The Morgan fingerprint density at radius 2 is 1.60 bits per heavy atom. The number of carbonyl (C=O) groups is 1. The van der Waals surface area contributed by atoms with Gasteiger partial charge in [0.05, 0.1) is 16.6 Å². The topological polar surface area (TPSA) is 32.7 Å². The van der Waals surface area contributed by atoms with Crippen molar-refractivity contribution in [3.8, 4) is 0 Å². The number of aliphatic imine (C=N–C) groups is 1. The average molecular weight is 282 g/mol. The summed E-state index contributed by atoms with van der Waals surface area (Å²) in [7, 11) is 0. The molecule has 1 aliphatic rings. The number of anilines is 1. The molecule has 3 rings (SSSR count). The van der Waals surface area contributed by atoms with Crippen LogP contribution in [-0.2, 0) is 4.79 Å². The van der Waals surface area contributed by atoms with Crippen LogP contribution in [0.5, 0.6) is 0 Å². The molecule has 1 saturated heterocycles. The lowest BCUT2D eigenvalue weighted by Gasteiger charge is -2.16. The normalized spacial score (nSPS) is 20.6. The molecule has 4 heteroatoms. The van der Waals surface area contributed by atoms with Crippen molar-refractivity contribution in [3.63, 3.8) is 0 Å². The number of benzene rings is 2. The van der Waals surface area contributed by atoms with Crippen LogP contribution in [0.2, 0.25) is 0 Å². The van der Waals surface area contributed by atoms with E-state index in [0.717, 1.165) is 16.5 Å². The molecule has 1 fully saturated rings. The van der Waals surface area contributed by atoms with Gasteiger partial charge in [-0.3, -0.25) is 9.69 Å². The number of amidine groups is 1. The predicted octanol–water partition coefficient (Wildman–Crippen LogP) is 3.84. The van der Waals surface area contributed by atoms with Crippen molar-refractivity contribution in [2.24, 2.45) is 4.99 Å². The first-order chi connectivity index (χ1) is 9.75. The van der Waals surface area contributed by atoms with Gasteiger partial charge in [0.15, 0.2) is 5.17 Å². The summed E-state index contributed by atoms with van der Waals surface area (Å²) in [5.41, 5.74) is 1.72. The number of nitrogens with zero attached hydrogens (tertiary/aromatic N) is 2. The fraction of sp³-hybridized carbons (Fsp3) is 0.125. The van der Waals surface area contributed by atoms with Crippen molar-refractivity contribution in [1.82, 2.24) is 0 Å². The van der Waals surface area contributed by atoms with Gasteiger partial charge in [-0.2, -0.15) is 0 Å². The average Bonchev–Trinajstić information content (AvgIpc) is 2.76. The Morgan fingerprint density at radius 3 is 2.25 bits per heavy atom. The Balaban J connectivity index is 2.01. The molecule has 20 heavy (non-hydrogen) atoms. The van der Waals surface area contributed by atoms with Crippen LogP contribution in [0.4, 0.5) is 11.4 Å². The fourth-order valence-corrected chi connectivity index (χ4v) is 3.02. The molecule has 2 aromatic rings. The van der Waals surface area contributed by atoms with Gasteiger partial charge >= 0.3 is 0 Å². The van der Waals surface area contributed by atoms with E-state index in [-0.39, 0.29) is 11.2 Å². The minimum Gasteiger partial charge on any atom is -0.273 e. The summed E-state index contributed by atoms with van der Waals surface area (Å²) in [5.74, 6) is 0.0795. The van der Waals surface area contributed by atoms with Crippen LogP contribution in [0.15, 0.2) is 65.7 Å². The molecule has 0 unspecified atom stereocenters. The molecule has 1 amide bonds. The summed E-state index contributed by atoms with van der Waals surface area (Å²) < 4.78 is 0. The zero-order valence-electron chi connectivity index (χ0n) is 11.1. The minimum absolute atomic E-state index is 0.0795. The quantitative estimate of drug-likeness (QED) is 0.838. The number of rotatable bonds is 2. The molecule has 0 spiro atoms. The van der Waals surface area contributed by atoms with Crippen molar-refractivity contribution in [1.29, 1.82) is 0 Å². The predicted molar refractivity (Wildman–Crippen MR) is 84.5 cm³/mol. The highest BCUT2D eigenvalue weighted by atomic mass is 32.2. The van der Waals surface area contributed by atoms with Crippen LogP contribution in [0.25, 0.3) is 0 Å². The molecule has 1 aliphatic heterocycles. The van der Waals surface area contributed by atoms with E-state index in [4.69, 9.17) is 0 Å². The van der Waals surface area contributed by atoms with Gasteiger partial charge in [0, 0.05) is 0 Å². The molecule has 1 atom stereocenters. The molecule has 100 valence electrons. The number of para-hydroxylation sites is 2. The summed E-state index contributed by atoms with van der Waals surface area (Å²) in [6.45, 7) is 1.91. The van der Waals surface area contributed by atoms with Gasteiger partial charge in [0.2, 0.25) is 5.91 Å². The molecule has 0 saturated carbocycles. The van der Waals surface area contributed by atoms with Crippen molar-refractivity contribution < 1.29 is 4.79 Å². The maximum absolute atomic E-state index is 12.3. The lowest BCUT2D eigenvalue weighted by atomic mass is 10.3. The largest absolute Gasteiger partial charge is 0.273 e. The van der Waals surface area contributed by atoms with E-state index in [1.165, 1.54) is 11.8 Å². The van der Waals surface area contributed by atoms with Crippen molar-refractivity contribution in [3.05, 3.63) is 60.7 Å². The first-order valence-electron chi connectivity index (χ1n) is 6.45. The second-order valence-electron chi connectivity index (χ2n) is 4.50. The molecule has 1 heterocycles. The van der Waals surface area contributed by atoms with Crippen LogP contribution in [0.3, 0.4) is 0 Å². The molecule has 0 bridgehead atoms. The first-order valence-corrected chi connectivity index (χ1v) is 7.33. The highest BCUT2D eigenvalue weighted by molar-refractivity contribution is 8.16. The summed E-state index contributed by atoms with van der Waals surface area (Å²) in [4.78, 5) is 18.6. The number of amides is 1. The van der Waals surface area contributed by atoms with Crippen LogP contribution in [-0.4, -0.2) is 16.3 Å². The van der Waals surface area contributed by atoms with Crippen molar-refractivity contribution in [2.45, 2.75) is 12.2 Å². The van der Waals surface area contributed by atoms with E-state index in [9.17, 15) is 4.79 Å². The molecule has 0 radical (unpaired) electrons. The fourth-order valence-electron chi connectivity index (χ4n) is 2.04. The lowest BCUT2D eigenvalue weighted by Crippen LogP contribution is -2.31. The zero-order valence-corrected chi connectivity index (χ0v) is 11.9. The standard InChI is InChI=1S/C16H14N2OS/c1-12-15(19)18(14-10-6-3-7-11-14)16(20-12)17-13-8-4-2-5-9-13/h2-12H,1H3/t12-/m0/s1. The number of carbonyl (C=O) groups excluding carboxylic acids is 1. The van der Waals surface area contributed by atoms with E-state index in [1.807, 2.05) is 67.6 Å². The monoisotopic (exact) mass is 282 g/mol. The Bertz CT molecular complexity index is 640. The number of thioether (sulfide) groups is 1. The van der Waals surface area contributed by atoms with Gasteiger partial charge in [-0.05, 0) is 31.2 Å². The SMILES string of the molecule is C[C@@H]1SC(=Nc2ccccc2)N(c2ccccc2)C1=O. The van der Waals surface area contributed by atoms with Gasteiger partial charge in [0.1, 0.15) is 0 Å². The Hall–Kier alpha value is -2.07.